The number of rotatable bonds is 1. The fourth-order valence-electron chi connectivity index (χ4n) is 1.12. The van der Waals surface area contributed by atoms with Crippen molar-refractivity contribution in [3.8, 4) is 0 Å². The molecule has 0 aromatic heterocycles. The third-order valence-corrected chi connectivity index (χ3v) is 1.78. The molecule has 1 heterocycles. The van der Waals surface area contributed by atoms with Gasteiger partial charge in [-0.25, -0.2) is 0 Å². The van der Waals surface area contributed by atoms with Gasteiger partial charge in [-0.2, -0.15) is 0 Å². The van der Waals surface area contributed by atoms with E-state index in [1.165, 1.54) is 6.92 Å². The highest BCUT2D eigenvalue weighted by Crippen LogP contribution is 2.05. The Bertz CT molecular complexity index is 165. The van der Waals surface area contributed by atoms with Gasteiger partial charge in [0.1, 0.15) is 11.6 Å². The van der Waals surface area contributed by atoms with Gasteiger partial charge in [0.05, 0.1) is 5.92 Å². The van der Waals surface area contributed by atoms with Crippen LogP contribution in [0.15, 0.2) is 0 Å². The van der Waals surface area contributed by atoms with Crippen LogP contribution in [-0.4, -0.2) is 24.7 Å². The number of ketones is 2. The van der Waals surface area contributed by atoms with Crippen LogP contribution in [0.3, 0.4) is 0 Å². The number of carbonyl (C=O) groups excluding carboxylic acids is 2. The van der Waals surface area contributed by atoms with Crippen LogP contribution in [0.5, 0.6) is 0 Å². The lowest BCUT2D eigenvalue weighted by atomic mass is 9.95. The normalized spacial score (nSPS) is 26.5. The molecule has 1 unspecified atom stereocenters. The van der Waals surface area contributed by atoms with Crippen LogP contribution in [0, 0.1) is 5.92 Å². The summed E-state index contributed by atoms with van der Waals surface area (Å²) in [6.07, 6.45) is 0.504. The van der Waals surface area contributed by atoms with E-state index in [0.717, 1.165) is 6.54 Å². The second kappa shape index (κ2) is 2.92. The predicted octanol–water partition coefficient (Wildman–Crippen LogP) is -0.246. The SMILES string of the molecule is CC(=O)C1CNCCC1=O. The van der Waals surface area contributed by atoms with E-state index in [1.54, 1.807) is 0 Å². The summed E-state index contributed by atoms with van der Waals surface area (Å²) in [7, 11) is 0. The predicted molar refractivity (Wildman–Crippen MR) is 36.7 cm³/mol. The summed E-state index contributed by atoms with van der Waals surface area (Å²) < 4.78 is 0. The second-order valence-corrected chi connectivity index (χ2v) is 2.58. The zero-order valence-corrected chi connectivity index (χ0v) is 6.02. The molecule has 3 nitrogen and oxygen atoms in total. The molecule has 56 valence electrons. The van der Waals surface area contributed by atoms with Crippen molar-refractivity contribution in [2.24, 2.45) is 5.92 Å². The van der Waals surface area contributed by atoms with Crippen molar-refractivity contribution in [3.63, 3.8) is 0 Å². The maximum atomic E-state index is 11.0. The molecule has 0 spiro atoms. The minimum absolute atomic E-state index is 0.0165. The van der Waals surface area contributed by atoms with Crippen molar-refractivity contribution in [2.45, 2.75) is 13.3 Å². The lowest BCUT2D eigenvalue weighted by Crippen LogP contribution is -2.40. The largest absolute Gasteiger partial charge is 0.315 e. The second-order valence-electron chi connectivity index (χ2n) is 2.58. The van der Waals surface area contributed by atoms with Gasteiger partial charge in [-0.15, -0.1) is 0 Å². The van der Waals surface area contributed by atoms with E-state index in [9.17, 15) is 9.59 Å². The smallest absolute Gasteiger partial charge is 0.145 e. The molecule has 1 aliphatic rings. The third kappa shape index (κ3) is 1.42. The third-order valence-electron chi connectivity index (χ3n) is 1.78. The van der Waals surface area contributed by atoms with Gasteiger partial charge in [-0.05, 0) is 6.92 Å². The molecule has 1 fully saturated rings. The van der Waals surface area contributed by atoms with E-state index in [2.05, 4.69) is 5.32 Å². The number of hydrogen-bond acceptors (Lipinski definition) is 3. The molecule has 1 atom stereocenters. The van der Waals surface area contributed by atoms with E-state index in [-0.39, 0.29) is 17.5 Å². The van der Waals surface area contributed by atoms with Gasteiger partial charge in [0.25, 0.3) is 0 Å². The van der Waals surface area contributed by atoms with Crippen LogP contribution in [0.25, 0.3) is 0 Å². The zero-order chi connectivity index (χ0) is 7.56. The Balaban J connectivity index is 2.56. The van der Waals surface area contributed by atoms with Crippen molar-refractivity contribution >= 4 is 11.6 Å². The molecule has 0 aromatic rings. The summed E-state index contributed by atoms with van der Waals surface area (Å²) in [6, 6.07) is 0. The van der Waals surface area contributed by atoms with Gasteiger partial charge in [-0.3, -0.25) is 9.59 Å². The van der Waals surface area contributed by atoms with Crippen molar-refractivity contribution in [3.05, 3.63) is 0 Å². The Morgan fingerprint density at radius 2 is 2.40 bits per heavy atom. The fourth-order valence-corrected chi connectivity index (χ4v) is 1.12. The Labute approximate surface area is 59.8 Å². The molecule has 0 amide bonds. The molecular formula is C7H11NO2. The highest BCUT2D eigenvalue weighted by atomic mass is 16.1. The average Bonchev–Trinajstić information content (AvgIpc) is 1.88. The van der Waals surface area contributed by atoms with Crippen LogP contribution < -0.4 is 5.32 Å². The molecule has 1 rings (SSSR count). The monoisotopic (exact) mass is 141 g/mol. The zero-order valence-electron chi connectivity index (χ0n) is 6.02. The van der Waals surface area contributed by atoms with Crippen LogP contribution >= 0.6 is 0 Å². The summed E-state index contributed by atoms with van der Waals surface area (Å²) >= 11 is 0. The van der Waals surface area contributed by atoms with Crippen LogP contribution in [0.2, 0.25) is 0 Å². The van der Waals surface area contributed by atoms with Gasteiger partial charge >= 0.3 is 0 Å². The van der Waals surface area contributed by atoms with Gasteiger partial charge in [0.2, 0.25) is 0 Å². The maximum absolute atomic E-state index is 11.0. The molecule has 10 heavy (non-hydrogen) atoms. The molecule has 1 aliphatic heterocycles. The molecule has 0 bridgehead atoms. The first-order valence-electron chi connectivity index (χ1n) is 3.45. The summed E-state index contributed by atoms with van der Waals surface area (Å²) in [6.45, 7) is 2.73. The average molecular weight is 141 g/mol. The van der Waals surface area contributed by atoms with E-state index < -0.39 is 0 Å². The highest BCUT2D eigenvalue weighted by molar-refractivity contribution is 6.02. The van der Waals surface area contributed by atoms with Gasteiger partial charge in [0, 0.05) is 19.5 Å². The van der Waals surface area contributed by atoms with Gasteiger partial charge in [0.15, 0.2) is 0 Å². The first-order chi connectivity index (χ1) is 4.72. The minimum Gasteiger partial charge on any atom is -0.315 e. The fraction of sp³-hybridized carbons (Fsp3) is 0.714. The van der Waals surface area contributed by atoms with E-state index in [4.69, 9.17) is 0 Å². The molecule has 1 saturated heterocycles. The quantitative estimate of drug-likeness (QED) is 0.512. The molecule has 0 aromatic carbocycles. The number of nitrogens with one attached hydrogen (secondary N) is 1. The summed E-state index contributed by atoms with van der Waals surface area (Å²) in [5, 5.41) is 3.00. The van der Waals surface area contributed by atoms with Crippen LogP contribution in [0.4, 0.5) is 0 Å². The minimum atomic E-state index is -0.367. The van der Waals surface area contributed by atoms with Gasteiger partial charge < -0.3 is 5.32 Å². The molecule has 0 radical (unpaired) electrons. The maximum Gasteiger partial charge on any atom is 0.145 e. The lowest BCUT2D eigenvalue weighted by Gasteiger charge is -2.18. The summed E-state index contributed by atoms with van der Waals surface area (Å²) in [5.74, 6) is -0.294. The van der Waals surface area contributed by atoms with Crippen molar-refractivity contribution in [1.29, 1.82) is 0 Å². The van der Waals surface area contributed by atoms with Gasteiger partial charge in [-0.1, -0.05) is 0 Å². The van der Waals surface area contributed by atoms with Crippen LogP contribution in [0.1, 0.15) is 13.3 Å². The standard InChI is InChI=1S/C7H11NO2/c1-5(9)6-4-8-3-2-7(6)10/h6,8H,2-4H2,1H3. The Kier molecular flexibility index (Phi) is 2.17. The summed E-state index contributed by atoms with van der Waals surface area (Å²) in [4.78, 5) is 21.7. The Morgan fingerprint density at radius 3 is 2.80 bits per heavy atom. The van der Waals surface area contributed by atoms with Crippen molar-refractivity contribution in [1.82, 2.24) is 5.32 Å². The number of piperidine rings is 1. The highest BCUT2D eigenvalue weighted by Gasteiger charge is 2.25. The molecule has 0 saturated carbocycles. The van der Waals surface area contributed by atoms with Crippen LogP contribution in [-0.2, 0) is 9.59 Å². The lowest BCUT2D eigenvalue weighted by molar-refractivity contribution is -0.132. The van der Waals surface area contributed by atoms with Crippen molar-refractivity contribution in [2.75, 3.05) is 13.1 Å². The molecular weight excluding hydrogens is 130 g/mol. The van der Waals surface area contributed by atoms with E-state index in [0.29, 0.717) is 13.0 Å². The van der Waals surface area contributed by atoms with Crippen molar-refractivity contribution < 1.29 is 9.59 Å². The number of Topliss-reactive ketones (excluding diaryl/α,β-unsaturated/α-hetero) is 2. The topological polar surface area (TPSA) is 46.2 Å². The molecule has 1 N–H and O–H groups in total. The van der Waals surface area contributed by atoms with E-state index in [1.807, 2.05) is 0 Å². The Hall–Kier alpha value is -0.700. The molecule has 0 aliphatic carbocycles. The first-order valence-corrected chi connectivity index (χ1v) is 3.45. The first kappa shape index (κ1) is 7.41. The van der Waals surface area contributed by atoms with E-state index >= 15 is 0 Å². The number of carbonyl (C=O) groups is 2. The molecule has 3 heteroatoms. The Morgan fingerprint density at radius 1 is 1.70 bits per heavy atom. The number of hydrogen-bond donors (Lipinski definition) is 1. The summed E-state index contributed by atoms with van der Waals surface area (Å²) in [5.41, 5.74) is 0.